The van der Waals surface area contributed by atoms with E-state index in [1.165, 1.54) is 20.3 Å². The molecule has 5 aromatic rings. The molecule has 1 aliphatic carbocycles. The lowest BCUT2D eigenvalue weighted by Gasteiger charge is -2.33. The predicted molar refractivity (Wildman–Crippen MR) is 230 cm³/mol. The van der Waals surface area contributed by atoms with Crippen LogP contribution in [-0.2, 0) is 42.8 Å². The summed E-state index contributed by atoms with van der Waals surface area (Å²) in [6.45, 7) is 5.95. The number of carbonyl (C=O) groups is 4. The number of nitrogens with zero attached hydrogens (tertiary/aromatic N) is 4. The quantitative estimate of drug-likeness (QED) is 0.0795. The first kappa shape index (κ1) is 44.4. The Morgan fingerprint density at radius 3 is 1.89 bits per heavy atom. The van der Waals surface area contributed by atoms with E-state index in [4.69, 9.17) is 9.47 Å². The van der Waals surface area contributed by atoms with Gasteiger partial charge in [0.25, 0.3) is 5.92 Å². The minimum atomic E-state index is -3.27. The van der Waals surface area contributed by atoms with Crippen LogP contribution in [0.5, 0.6) is 0 Å². The third-order valence-electron chi connectivity index (χ3n) is 11.5. The van der Waals surface area contributed by atoms with Crippen molar-refractivity contribution in [1.29, 1.82) is 0 Å². The van der Waals surface area contributed by atoms with E-state index in [1.54, 1.807) is 46.5 Å². The number of rotatable bonds is 16. The Morgan fingerprint density at radius 1 is 0.762 bits per heavy atom. The average molecular weight is 867 g/mol. The van der Waals surface area contributed by atoms with Gasteiger partial charge in [0, 0.05) is 43.0 Å². The maximum absolute atomic E-state index is 16.4. The molecule has 0 bridgehead atoms. The molecule has 1 unspecified atom stereocenters. The molecule has 3 aromatic carbocycles. The fourth-order valence-electron chi connectivity index (χ4n) is 8.20. The molecule has 1 atom stereocenters. The first-order valence-corrected chi connectivity index (χ1v) is 21.1. The molecule has 1 aliphatic heterocycles. The summed E-state index contributed by atoms with van der Waals surface area (Å²) in [6, 6.07) is 16.8. The minimum Gasteiger partial charge on any atom is -0.453 e. The second kappa shape index (κ2) is 19.6. The molecule has 2 aromatic heterocycles. The summed E-state index contributed by atoms with van der Waals surface area (Å²) in [4.78, 5) is 69.1. The van der Waals surface area contributed by atoms with Gasteiger partial charge in [-0.25, -0.2) is 19.6 Å². The summed E-state index contributed by atoms with van der Waals surface area (Å²) in [5.41, 5.74) is 4.72. The number of alkyl carbamates (subject to hydrolysis) is 2. The van der Waals surface area contributed by atoms with E-state index in [1.807, 2.05) is 44.2 Å². The normalized spacial score (nSPS) is 14.6. The highest BCUT2D eigenvalue weighted by Gasteiger charge is 2.45. The number of nitrogens with one attached hydrogen (secondary N) is 4. The van der Waals surface area contributed by atoms with Crippen molar-refractivity contribution in [3.8, 4) is 44.8 Å². The molecule has 3 heterocycles. The van der Waals surface area contributed by atoms with Gasteiger partial charge in [-0.15, -0.1) is 0 Å². The highest BCUT2D eigenvalue weighted by molar-refractivity contribution is 5.87. The molecular weight excluding hydrogens is 815 g/mol. The maximum atomic E-state index is 16.4. The number of methoxy groups -OCH3 is 2. The molecule has 7 rings (SSSR count). The largest absolute Gasteiger partial charge is 0.453 e. The smallest absolute Gasteiger partial charge is 0.407 e. The average Bonchev–Trinajstić information content (AvgIpc) is 4.04. The fraction of sp³-hybridized carbons (Fsp3) is 0.391. The van der Waals surface area contributed by atoms with E-state index in [-0.39, 0.29) is 48.5 Å². The molecule has 4 N–H and O–H groups in total. The van der Waals surface area contributed by atoms with Crippen molar-refractivity contribution in [2.75, 3.05) is 47.1 Å². The summed E-state index contributed by atoms with van der Waals surface area (Å²) < 4.78 is 47.7. The van der Waals surface area contributed by atoms with Crippen LogP contribution in [0, 0.1) is 5.92 Å². The zero-order valence-electron chi connectivity index (χ0n) is 35.8. The lowest BCUT2D eigenvalue weighted by molar-refractivity contribution is -0.136. The number of aromatic amines is 2. The topological polar surface area (TPSA) is 184 Å². The van der Waals surface area contributed by atoms with E-state index in [0.29, 0.717) is 85.2 Å². The van der Waals surface area contributed by atoms with Gasteiger partial charge in [0.15, 0.2) is 0 Å². The van der Waals surface area contributed by atoms with Crippen LogP contribution in [-0.4, -0.2) is 107 Å². The second-order valence-corrected chi connectivity index (χ2v) is 15.6. The van der Waals surface area contributed by atoms with Crippen molar-refractivity contribution >= 4 is 24.0 Å². The van der Waals surface area contributed by atoms with Crippen LogP contribution < -0.4 is 10.6 Å². The SMILES string of the molecule is CCCN(Cc1ncc(-c2ccc(-c3ccc4c(c3)C(F)(F)c3cc(-c5cnc(CN(CCC)C(=O)C(NC(=O)OC)C6CCOCC6)[nH]5)ccc3-4)cc2)[nH]1)C(=O)CNC(=O)OC. The monoisotopic (exact) mass is 866 g/mol. The van der Waals surface area contributed by atoms with Crippen LogP contribution in [0.2, 0.25) is 0 Å². The number of aromatic nitrogens is 4. The molecule has 63 heavy (non-hydrogen) atoms. The van der Waals surface area contributed by atoms with Crippen molar-refractivity contribution in [1.82, 2.24) is 40.4 Å². The van der Waals surface area contributed by atoms with Gasteiger partial charge in [-0.3, -0.25) is 9.59 Å². The number of amides is 4. The van der Waals surface area contributed by atoms with Gasteiger partial charge in [0.05, 0.1) is 51.1 Å². The molecular formula is C46H52F2N8O7. The molecule has 0 radical (unpaired) electrons. The van der Waals surface area contributed by atoms with Gasteiger partial charge >= 0.3 is 12.2 Å². The third kappa shape index (κ3) is 9.88. The lowest BCUT2D eigenvalue weighted by atomic mass is 9.90. The summed E-state index contributed by atoms with van der Waals surface area (Å²) in [5, 5.41) is 5.15. The van der Waals surface area contributed by atoms with Crippen LogP contribution >= 0.6 is 0 Å². The number of benzene rings is 3. The molecule has 1 fully saturated rings. The van der Waals surface area contributed by atoms with Crippen LogP contribution in [0.25, 0.3) is 44.8 Å². The number of carbonyl (C=O) groups excluding carboxylic acids is 4. The number of halogens is 2. The maximum Gasteiger partial charge on any atom is 0.407 e. The molecule has 1 saturated heterocycles. The Morgan fingerprint density at radius 2 is 1.29 bits per heavy atom. The van der Waals surface area contributed by atoms with Crippen LogP contribution in [0.1, 0.15) is 62.3 Å². The van der Waals surface area contributed by atoms with E-state index < -0.39 is 24.2 Å². The molecule has 4 amide bonds. The van der Waals surface area contributed by atoms with Gasteiger partial charge in [-0.05, 0) is 71.6 Å². The van der Waals surface area contributed by atoms with Gasteiger partial charge < -0.3 is 44.6 Å². The van der Waals surface area contributed by atoms with E-state index >= 15 is 8.78 Å². The standard InChI is InChI=1S/C46H52F2N8O7/c1-5-17-55(41(57)25-51-44(59)61-3)26-39-49-23-37(52-39)29-9-7-28(8-10-29)31-11-13-33-34-14-12-32(22-36(34)46(47,48)35(33)21-31)38-24-50-40(53-38)27-56(18-6-2)43(58)42(54-45(60)62-4)30-15-19-63-20-16-30/h7-14,21-24,30,42H,5-6,15-20,25-27H2,1-4H3,(H,49,52)(H,50,53)(H,51,59)(H,54,60). The Kier molecular flexibility index (Phi) is 13.8. The van der Waals surface area contributed by atoms with E-state index in [9.17, 15) is 19.2 Å². The first-order chi connectivity index (χ1) is 30.4. The van der Waals surface area contributed by atoms with Crippen LogP contribution in [0.3, 0.4) is 0 Å². The van der Waals surface area contributed by atoms with E-state index in [0.717, 1.165) is 23.2 Å². The Labute approximate surface area is 363 Å². The minimum absolute atomic E-state index is 0.0823. The Hall–Kier alpha value is -6.62. The fourth-order valence-corrected chi connectivity index (χ4v) is 8.20. The molecule has 2 aliphatic rings. The molecule has 0 spiro atoms. The third-order valence-corrected chi connectivity index (χ3v) is 11.5. The number of alkyl halides is 2. The molecule has 15 nitrogen and oxygen atoms in total. The van der Waals surface area contributed by atoms with E-state index in [2.05, 4.69) is 35.3 Å². The lowest BCUT2D eigenvalue weighted by Crippen LogP contribution is -2.53. The second-order valence-electron chi connectivity index (χ2n) is 15.6. The number of fused-ring (bicyclic) bond motifs is 3. The van der Waals surface area contributed by atoms with Crippen LogP contribution in [0.15, 0.2) is 73.1 Å². The first-order valence-electron chi connectivity index (χ1n) is 21.1. The summed E-state index contributed by atoms with van der Waals surface area (Å²) in [5.74, 6) is -2.86. The zero-order chi connectivity index (χ0) is 44.7. The predicted octanol–water partition coefficient (Wildman–Crippen LogP) is 7.24. The number of hydrogen-bond donors (Lipinski definition) is 4. The van der Waals surface area contributed by atoms with Gasteiger partial charge in [-0.2, -0.15) is 8.78 Å². The Balaban J connectivity index is 1.04. The summed E-state index contributed by atoms with van der Waals surface area (Å²) >= 11 is 0. The van der Waals surface area contributed by atoms with Gasteiger partial charge in [0.2, 0.25) is 11.8 Å². The van der Waals surface area contributed by atoms with Crippen molar-refractivity contribution in [3.05, 3.63) is 95.8 Å². The number of ether oxygens (including phenoxy) is 3. The van der Waals surface area contributed by atoms with Crippen molar-refractivity contribution in [2.24, 2.45) is 5.92 Å². The van der Waals surface area contributed by atoms with Gasteiger partial charge in [0.1, 0.15) is 24.2 Å². The highest BCUT2D eigenvalue weighted by atomic mass is 19.3. The summed E-state index contributed by atoms with van der Waals surface area (Å²) in [7, 11) is 2.49. The summed E-state index contributed by atoms with van der Waals surface area (Å²) in [6.07, 6.45) is 4.51. The molecule has 0 saturated carbocycles. The van der Waals surface area contributed by atoms with Crippen LogP contribution in [0.4, 0.5) is 18.4 Å². The molecule has 17 heteroatoms. The van der Waals surface area contributed by atoms with Crippen molar-refractivity contribution in [3.63, 3.8) is 0 Å². The van der Waals surface area contributed by atoms with Crippen molar-refractivity contribution < 1.29 is 42.2 Å². The Bertz CT molecular complexity index is 2430. The highest BCUT2D eigenvalue weighted by Crippen LogP contribution is 2.52. The number of H-pyrrole nitrogens is 2. The zero-order valence-corrected chi connectivity index (χ0v) is 35.8. The molecule has 332 valence electrons. The van der Waals surface area contributed by atoms with Crippen molar-refractivity contribution in [2.45, 2.75) is 64.6 Å². The number of imidazole rings is 2. The number of hydrogen-bond acceptors (Lipinski definition) is 9. The van der Waals surface area contributed by atoms with Gasteiger partial charge in [-0.1, -0.05) is 62.4 Å².